The van der Waals surface area contributed by atoms with E-state index < -0.39 is 8.07 Å². The fourth-order valence-corrected chi connectivity index (χ4v) is 11.5. The molecule has 0 unspecified atom stereocenters. The van der Waals surface area contributed by atoms with Crippen LogP contribution in [0.2, 0.25) is 0 Å². The molecule has 0 heterocycles. The van der Waals surface area contributed by atoms with Gasteiger partial charge in [0.05, 0.1) is 0 Å². The largest absolute Gasteiger partial charge is 4.00 e. The van der Waals surface area contributed by atoms with Gasteiger partial charge < -0.3 is 37.2 Å². The molecule has 5 heteroatoms. The van der Waals surface area contributed by atoms with E-state index in [0.717, 1.165) is 12.8 Å². The van der Waals surface area contributed by atoms with Crippen LogP contribution in [-0.2, 0) is 28.1 Å². The molecular formula is C32H37Cl3SiTi. The second kappa shape index (κ2) is 14.8. The van der Waals surface area contributed by atoms with E-state index >= 15 is 0 Å². The van der Waals surface area contributed by atoms with Crippen molar-refractivity contribution in [1.29, 1.82) is 0 Å². The molecule has 0 bridgehead atoms. The molecule has 0 N–H and O–H groups in total. The quantitative estimate of drug-likeness (QED) is 0.123. The second-order valence-electron chi connectivity index (χ2n) is 10.1. The van der Waals surface area contributed by atoms with Crippen LogP contribution in [0.1, 0.15) is 52.3 Å². The van der Waals surface area contributed by atoms with Gasteiger partial charge in [-0.1, -0.05) is 123 Å². The van der Waals surface area contributed by atoms with E-state index in [-0.39, 0.29) is 58.9 Å². The first kappa shape index (κ1) is 35.8. The second-order valence-corrected chi connectivity index (χ2v) is 13.9. The molecule has 0 spiro atoms. The molecule has 37 heavy (non-hydrogen) atoms. The molecule has 0 amide bonds. The fraction of sp³-hybridized carbons (Fsp3) is 0.281. The van der Waals surface area contributed by atoms with Crippen LogP contribution < -0.4 is 58.0 Å². The smallest absolute Gasteiger partial charge is 1.00 e. The van der Waals surface area contributed by atoms with E-state index in [0.29, 0.717) is 0 Å². The summed E-state index contributed by atoms with van der Waals surface area (Å²) in [5.41, 5.74) is 9.59. The molecule has 4 aromatic carbocycles. The van der Waals surface area contributed by atoms with Crippen molar-refractivity contribution in [3.63, 3.8) is 0 Å². The van der Waals surface area contributed by atoms with Gasteiger partial charge in [0.1, 0.15) is 8.07 Å². The fourth-order valence-electron chi connectivity index (χ4n) is 5.85. The molecule has 0 aliphatic carbocycles. The van der Waals surface area contributed by atoms with Crippen molar-refractivity contribution in [2.24, 2.45) is 0 Å². The molecule has 0 aliphatic heterocycles. The molecule has 4 aromatic rings. The Morgan fingerprint density at radius 2 is 0.892 bits per heavy atom. The predicted octanol–water partition coefficient (Wildman–Crippen LogP) is -3.40. The van der Waals surface area contributed by atoms with Crippen LogP contribution in [0.3, 0.4) is 0 Å². The van der Waals surface area contributed by atoms with E-state index in [4.69, 9.17) is 0 Å². The third-order valence-corrected chi connectivity index (χ3v) is 11.6. The monoisotopic (exact) mass is 602 g/mol. The van der Waals surface area contributed by atoms with E-state index in [9.17, 15) is 0 Å². The zero-order chi connectivity index (χ0) is 23.8. The van der Waals surface area contributed by atoms with Gasteiger partial charge in [-0.2, -0.15) is 11.6 Å². The van der Waals surface area contributed by atoms with E-state index in [1.165, 1.54) is 54.5 Å². The summed E-state index contributed by atoms with van der Waals surface area (Å²) in [6, 6.07) is 28.8. The van der Waals surface area contributed by atoms with E-state index in [1.807, 2.05) is 0 Å². The third kappa shape index (κ3) is 7.27. The van der Waals surface area contributed by atoms with Gasteiger partial charge in [0.2, 0.25) is 0 Å². The van der Waals surface area contributed by atoms with Crippen molar-refractivity contribution >= 4 is 28.8 Å². The SMILES string of the molecule is CCCc1ccc[c-]1[Si](c1cc(C)cc(C)c1)(c1cc(C)cc(C)c1)c1cc(C)cc(C)c1.[Cl-].[Cl-].[Cl-].[Ti+4]. The third-order valence-electron chi connectivity index (χ3n) is 6.79. The normalized spacial score (nSPS) is 10.5. The van der Waals surface area contributed by atoms with Crippen molar-refractivity contribution in [2.75, 3.05) is 0 Å². The first-order valence-corrected chi connectivity index (χ1v) is 14.3. The van der Waals surface area contributed by atoms with Gasteiger partial charge in [-0.05, 0) is 41.5 Å². The topological polar surface area (TPSA) is 0 Å². The van der Waals surface area contributed by atoms with Crippen molar-refractivity contribution in [2.45, 2.75) is 61.3 Å². The van der Waals surface area contributed by atoms with Crippen LogP contribution in [-0.4, -0.2) is 8.07 Å². The van der Waals surface area contributed by atoms with Crippen LogP contribution in [0.4, 0.5) is 0 Å². The van der Waals surface area contributed by atoms with Crippen LogP contribution in [0, 0.1) is 41.5 Å². The summed E-state index contributed by atoms with van der Waals surface area (Å²) < 4.78 is 0. The van der Waals surface area contributed by atoms with Crippen molar-refractivity contribution in [1.82, 2.24) is 0 Å². The maximum absolute atomic E-state index is 2.52. The molecule has 0 radical (unpaired) electrons. The van der Waals surface area contributed by atoms with Gasteiger partial charge in [-0.15, -0.1) is 5.19 Å². The molecule has 0 saturated carbocycles. The summed E-state index contributed by atoms with van der Waals surface area (Å²) >= 11 is 0. The first-order valence-electron chi connectivity index (χ1n) is 12.3. The van der Waals surface area contributed by atoms with Gasteiger partial charge in [-0.25, -0.2) is 12.1 Å². The summed E-state index contributed by atoms with van der Waals surface area (Å²) in [7, 11) is -2.52. The molecule has 0 aliphatic rings. The molecule has 4 rings (SSSR count). The maximum atomic E-state index is 2.47. The zero-order valence-electron chi connectivity index (χ0n) is 23.0. The van der Waals surface area contributed by atoms with E-state index in [1.54, 1.807) is 5.19 Å². The van der Waals surface area contributed by atoms with Gasteiger partial charge in [0.25, 0.3) is 0 Å². The maximum Gasteiger partial charge on any atom is 4.00 e. The Morgan fingerprint density at radius 1 is 0.568 bits per heavy atom. The van der Waals surface area contributed by atoms with E-state index in [2.05, 4.69) is 121 Å². The van der Waals surface area contributed by atoms with Crippen molar-refractivity contribution in [3.8, 4) is 0 Å². The number of hydrogen-bond acceptors (Lipinski definition) is 0. The minimum absolute atomic E-state index is 0. The van der Waals surface area contributed by atoms with Crippen LogP contribution in [0.15, 0.2) is 72.8 Å². The average molecular weight is 604 g/mol. The molecule has 0 atom stereocenters. The minimum Gasteiger partial charge on any atom is -1.00 e. The van der Waals surface area contributed by atoms with Crippen molar-refractivity contribution < 1.29 is 58.9 Å². The predicted molar refractivity (Wildman–Crippen MR) is 148 cm³/mol. The first-order chi connectivity index (χ1) is 15.7. The molecule has 0 aromatic heterocycles. The van der Waals surface area contributed by atoms with Gasteiger partial charge in [-0.3, -0.25) is 0 Å². The number of benzene rings is 3. The molecule has 0 fully saturated rings. The van der Waals surface area contributed by atoms with Gasteiger partial charge >= 0.3 is 21.7 Å². The van der Waals surface area contributed by atoms with Crippen LogP contribution in [0.25, 0.3) is 0 Å². The summed E-state index contributed by atoms with van der Waals surface area (Å²) in [6.45, 7) is 15.8. The van der Waals surface area contributed by atoms with Crippen LogP contribution >= 0.6 is 0 Å². The number of halogens is 3. The summed E-state index contributed by atoms with van der Waals surface area (Å²) in [5, 5.41) is 6.06. The minimum atomic E-state index is -2.52. The number of rotatable bonds is 6. The Bertz CT molecular complexity index is 1120. The zero-order valence-corrected chi connectivity index (χ0v) is 27.8. The standard InChI is InChI=1S/C32H37Si.3ClH.Ti/c1-8-10-28-11-9-12-32(28)33(29-16-22(2)13-23(3)17-29,30-18-24(4)14-25(5)19-30)31-20-26(6)15-27(7)21-31;;;;/h9,11-21H,8,10H2,1-7H3;3*1H;/q-1;;;;+4/p-3. The van der Waals surface area contributed by atoms with Crippen LogP contribution in [0.5, 0.6) is 0 Å². The molecule has 0 saturated heterocycles. The van der Waals surface area contributed by atoms with Crippen molar-refractivity contribution in [3.05, 3.63) is 112 Å². The number of aryl methyl sites for hydroxylation is 7. The van der Waals surface area contributed by atoms with Gasteiger partial charge in [0.15, 0.2) is 0 Å². The Hall–Kier alpha value is -1.19. The summed E-state index contributed by atoms with van der Waals surface area (Å²) in [6.07, 6.45) is 2.28. The summed E-state index contributed by atoms with van der Waals surface area (Å²) in [4.78, 5) is 0. The molecular weight excluding hydrogens is 567 g/mol. The average Bonchev–Trinajstić information content (AvgIpc) is 3.15. The van der Waals surface area contributed by atoms with Gasteiger partial charge in [0, 0.05) is 0 Å². The molecule has 0 nitrogen and oxygen atoms in total. The Morgan fingerprint density at radius 3 is 1.19 bits per heavy atom. The Balaban J connectivity index is 0.00000324. The number of hydrogen-bond donors (Lipinski definition) is 0. The Labute approximate surface area is 259 Å². The summed E-state index contributed by atoms with van der Waals surface area (Å²) in [5.74, 6) is 0. The Kier molecular flexibility index (Phi) is 14.3. The molecule has 194 valence electrons.